The van der Waals surface area contributed by atoms with Crippen molar-refractivity contribution in [2.24, 2.45) is 0 Å². The minimum absolute atomic E-state index is 0.157. The first-order valence-electron chi connectivity index (χ1n) is 8.67. The van der Waals surface area contributed by atoms with Crippen molar-refractivity contribution in [3.63, 3.8) is 0 Å². The third kappa shape index (κ3) is 4.23. The Kier molecular flexibility index (Phi) is 5.07. The molecule has 2 aromatic carbocycles. The molecule has 0 saturated heterocycles. The van der Waals surface area contributed by atoms with Gasteiger partial charge in [0.15, 0.2) is 0 Å². The lowest BCUT2D eigenvalue weighted by molar-refractivity contribution is -0.114. The molecule has 138 valence electrons. The summed E-state index contributed by atoms with van der Waals surface area (Å²) in [5, 5.41) is 10.1. The number of hydrogen-bond donors (Lipinski definition) is 2. The molecule has 1 heterocycles. The Hall–Kier alpha value is -3.41. The number of anilines is 2. The third-order valence-electron chi connectivity index (χ3n) is 4.19. The number of nitrogens with zero attached hydrogens (tertiary/aromatic N) is 2. The highest BCUT2D eigenvalue weighted by Gasteiger charge is 2.10. The quantitative estimate of drug-likeness (QED) is 0.736. The molecule has 3 rings (SSSR count). The number of benzene rings is 2. The molecule has 0 spiro atoms. The zero-order chi connectivity index (χ0) is 19.6. The van der Waals surface area contributed by atoms with Crippen LogP contribution in [0.3, 0.4) is 0 Å². The summed E-state index contributed by atoms with van der Waals surface area (Å²) in [6, 6.07) is 14.7. The maximum absolute atomic E-state index is 12.6. The summed E-state index contributed by atoms with van der Waals surface area (Å²) in [5.41, 5.74) is 5.65. The second-order valence-corrected chi connectivity index (χ2v) is 6.55. The summed E-state index contributed by atoms with van der Waals surface area (Å²) in [6.07, 6.45) is 0. The Morgan fingerprint density at radius 3 is 2.22 bits per heavy atom. The zero-order valence-electron chi connectivity index (χ0n) is 15.8. The number of aryl methyl sites for hydroxylation is 3. The van der Waals surface area contributed by atoms with Gasteiger partial charge in [0.1, 0.15) is 0 Å². The summed E-state index contributed by atoms with van der Waals surface area (Å²) in [7, 11) is 0. The molecule has 6 nitrogen and oxygen atoms in total. The summed E-state index contributed by atoms with van der Waals surface area (Å²) in [6.45, 7) is 7.29. The van der Waals surface area contributed by atoms with Crippen LogP contribution >= 0.6 is 0 Å². The van der Waals surface area contributed by atoms with E-state index in [1.807, 2.05) is 49.7 Å². The molecule has 0 aliphatic carbocycles. The topological polar surface area (TPSA) is 76.0 Å². The summed E-state index contributed by atoms with van der Waals surface area (Å²) in [5.74, 6) is -0.367. The Labute approximate surface area is 158 Å². The zero-order valence-corrected chi connectivity index (χ0v) is 15.8. The van der Waals surface area contributed by atoms with Crippen LogP contribution in [0.4, 0.5) is 11.4 Å². The molecule has 2 amide bonds. The molecule has 0 atom stereocenters. The van der Waals surface area contributed by atoms with Gasteiger partial charge in [-0.3, -0.25) is 9.59 Å². The van der Waals surface area contributed by atoms with Crippen molar-refractivity contribution in [3.05, 3.63) is 71.0 Å². The van der Waals surface area contributed by atoms with Gasteiger partial charge in [-0.05, 0) is 68.8 Å². The Bertz CT molecular complexity index is 1000. The van der Waals surface area contributed by atoms with E-state index < -0.39 is 0 Å². The smallest absolute Gasteiger partial charge is 0.255 e. The van der Waals surface area contributed by atoms with Crippen molar-refractivity contribution >= 4 is 23.2 Å². The van der Waals surface area contributed by atoms with E-state index in [9.17, 15) is 9.59 Å². The largest absolute Gasteiger partial charge is 0.326 e. The molecule has 1 aromatic heterocycles. The normalized spacial score (nSPS) is 10.5. The van der Waals surface area contributed by atoms with Crippen molar-refractivity contribution < 1.29 is 9.59 Å². The predicted octanol–water partition coefficient (Wildman–Crippen LogP) is 4.01. The van der Waals surface area contributed by atoms with Crippen molar-refractivity contribution in [1.29, 1.82) is 0 Å². The lowest BCUT2D eigenvalue weighted by Crippen LogP contribution is -2.14. The fraction of sp³-hybridized carbons (Fsp3) is 0.190. The number of aromatic nitrogens is 2. The van der Waals surface area contributed by atoms with Crippen molar-refractivity contribution in [2.45, 2.75) is 27.7 Å². The van der Waals surface area contributed by atoms with Crippen LogP contribution in [0.25, 0.3) is 5.69 Å². The molecule has 0 saturated carbocycles. The third-order valence-corrected chi connectivity index (χ3v) is 4.19. The van der Waals surface area contributed by atoms with Gasteiger partial charge in [0.05, 0.1) is 11.4 Å². The van der Waals surface area contributed by atoms with E-state index in [2.05, 4.69) is 15.7 Å². The number of rotatable bonds is 4. The lowest BCUT2D eigenvalue weighted by Gasteiger charge is -2.11. The fourth-order valence-corrected chi connectivity index (χ4v) is 2.88. The summed E-state index contributed by atoms with van der Waals surface area (Å²) < 4.78 is 1.85. The van der Waals surface area contributed by atoms with Gasteiger partial charge in [-0.2, -0.15) is 5.10 Å². The van der Waals surface area contributed by atoms with Crippen molar-refractivity contribution in [2.75, 3.05) is 10.6 Å². The van der Waals surface area contributed by atoms with Crippen LogP contribution in [0.15, 0.2) is 48.5 Å². The van der Waals surface area contributed by atoms with Gasteiger partial charge in [0, 0.05) is 29.6 Å². The van der Waals surface area contributed by atoms with E-state index in [4.69, 9.17) is 0 Å². The maximum atomic E-state index is 12.6. The van der Waals surface area contributed by atoms with Crippen molar-refractivity contribution in [1.82, 2.24) is 9.78 Å². The Balaban J connectivity index is 1.79. The lowest BCUT2D eigenvalue weighted by atomic mass is 10.1. The SMILES string of the molecule is CC(=O)Nc1ccc(C)c(NC(=O)c2ccc(-n3nc(C)cc3C)cc2)c1. The number of carbonyl (C=O) groups is 2. The van der Waals surface area contributed by atoms with Crippen LogP contribution < -0.4 is 10.6 Å². The molecule has 0 aliphatic rings. The van der Waals surface area contributed by atoms with E-state index >= 15 is 0 Å². The van der Waals surface area contributed by atoms with Gasteiger partial charge < -0.3 is 10.6 Å². The second kappa shape index (κ2) is 7.45. The van der Waals surface area contributed by atoms with Gasteiger partial charge in [0.25, 0.3) is 5.91 Å². The molecule has 6 heteroatoms. The van der Waals surface area contributed by atoms with Gasteiger partial charge in [-0.1, -0.05) is 6.07 Å². The van der Waals surface area contributed by atoms with Crippen LogP contribution in [-0.4, -0.2) is 21.6 Å². The first kappa shape index (κ1) is 18.4. The summed E-state index contributed by atoms with van der Waals surface area (Å²) in [4.78, 5) is 23.8. The molecule has 0 radical (unpaired) electrons. The van der Waals surface area contributed by atoms with Crippen LogP contribution in [0.2, 0.25) is 0 Å². The molecule has 2 N–H and O–H groups in total. The van der Waals surface area contributed by atoms with E-state index in [-0.39, 0.29) is 11.8 Å². The first-order valence-corrected chi connectivity index (χ1v) is 8.67. The number of hydrogen-bond acceptors (Lipinski definition) is 3. The molecule has 27 heavy (non-hydrogen) atoms. The summed E-state index contributed by atoms with van der Waals surface area (Å²) >= 11 is 0. The van der Waals surface area contributed by atoms with Gasteiger partial charge >= 0.3 is 0 Å². The minimum Gasteiger partial charge on any atom is -0.326 e. The van der Waals surface area contributed by atoms with E-state index in [1.54, 1.807) is 24.3 Å². The molecule has 0 unspecified atom stereocenters. The number of nitrogens with one attached hydrogen (secondary N) is 2. The number of carbonyl (C=O) groups excluding carboxylic acids is 2. The average Bonchev–Trinajstić information content (AvgIpc) is 2.96. The molecular weight excluding hydrogens is 340 g/mol. The van der Waals surface area contributed by atoms with Crippen LogP contribution in [0.1, 0.15) is 34.2 Å². The maximum Gasteiger partial charge on any atom is 0.255 e. The fourth-order valence-electron chi connectivity index (χ4n) is 2.88. The van der Waals surface area contributed by atoms with E-state index in [1.165, 1.54) is 6.92 Å². The average molecular weight is 362 g/mol. The monoisotopic (exact) mass is 362 g/mol. The molecular formula is C21H22N4O2. The first-order chi connectivity index (χ1) is 12.8. The van der Waals surface area contributed by atoms with Gasteiger partial charge in [-0.15, -0.1) is 0 Å². The predicted molar refractivity (Wildman–Crippen MR) is 106 cm³/mol. The van der Waals surface area contributed by atoms with Crippen LogP contribution in [0, 0.1) is 20.8 Å². The van der Waals surface area contributed by atoms with E-state index in [0.717, 1.165) is 22.6 Å². The molecule has 0 bridgehead atoms. The van der Waals surface area contributed by atoms with Crippen LogP contribution in [-0.2, 0) is 4.79 Å². The van der Waals surface area contributed by atoms with Crippen LogP contribution in [0.5, 0.6) is 0 Å². The molecule has 3 aromatic rings. The number of amides is 2. The van der Waals surface area contributed by atoms with Gasteiger partial charge in [-0.25, -0.2) is 4.68 Å². The molecule has 0 fully saturated rings. The van der Waals surface area contributed by atoms with Crippen molar-refractivity contribution in [3.8, 4) is 5.69 Å². The molecule has 0 aliphatic heterocycles. The highest BCUT2D eigenvalue weighted by atomic mass is 16.2. The minimum atomic E-state index is -0.210. The van der Waals surface area contributed by atoms with E-state index in [0.29, 0.717) is 16.9 Å². The van der Waals surface area contributed by atoms with Gasteiger partial charge in [0.2, 0.25) is 5.91 Å². The Morgan fingerprint density at radius 1 is 0.926 bits per heavy atom. The highest BCUT2D eigenvalue weighted by molar-refractivity contribution is 6.05. The second-order valence-electron chi connectivity index (χ2n) is 6.55. The highest BCUT2D eigenvalue weighted by Crippen LogP contribution is 2.21. The standard InChI is InChI=1S/C21H22N4O2/c1-13-5-8-18(22-16(4)26)12-20(13)23-21(27)17-6-9-19(10-7-17)25-15(3)11-14(2)24-25/h5-12H,1-4H3,(H,22,26)(H,23,27). The Morgan fingerprint density at radius 2 is 1.63 bits per heavy atom.